The number of carboxylic acid groups (broad SMARTS) is 1. The number of hydrogen-bond donors (Lipinski definition) is 1. The number of carbonyl (C=O) groups excluding carboxylic acids is 2. The van der Waals surface area contributed by atoms with Crippen molar-refractivity contribution in [2.75, 3.05) is 0 Å². The van der Waals surface area contributed by atoms with Gasteiger partial charge in [-0.05, 0) is 12.8 Å². The molecule has 0 saturated heterocycles. The van der Waals surface area contributed by atoms with E-state index < -0.39 is 12.0 Å². The van der Waals surface area contributed by atoms with E-state index in [4.69, 9.17) is 5.73 Å². The zero-order valence-electron chi connectivity index (χ0n) is 6.58. The summed E-state index contributed by atoms with van der Waals surface area (Å²) >= 11 is 0. The first-order valence-electron chi connectivity index (χ1n) is 3.08. The van der Waals surface area contributed by atoms with Crippen LogP contribution >= 0.6 is 0 Å². The van der Waals surface area contributed by atoms with Crippen molar-refractivity contribution in [3.8, 4) is 0 Å². The van der Waals surface area contributed by atoms with E-state index >= 15 is 0 Å². The zero-order valence-corrected chi connectivity index (χ0v) is 8.58. The van der Waals surface area contributed by atoms with Crippen LogP contribution in [0.2, 0.25) is 0 Å². The summed E-state index contributed by atoms with van der Waals surface area (Å²) in [6, 6.07) is -0.931. The molecule has 2 N–H and O–H groups in total. The van der Waals surface area contributed by atoms with E-state index in [1.165, 1.54) is 0 Å². The van der Waals surface area contributed by atoms with E-state index in [-0.39, 0.29) is 29.6 Å². The summed E-state index contributed by atoms with van der Waals surface area (Å²) in [5, 5.41) is 9.97. The number of nitrogens with two attached hydrogens (primary N) is 1. The standard InChI is InChI=1S/C6H11NO3.Na/c7-5(6(9)10)3-1-2-4-8;/h4-5H,1-3,7H2,(H,9,10);/q;+1/p-1. The molecule has 11 heavy (non-hydrogen) atoms. The van der Waals surface area contributed by atoms with E-state index in [1.54, 1.807) is 0 Å². The van der Waals surface area contributed by atoms with Crippen LogP contribution in [0.5, 0.6) is 0 Å². The zero-order chi connectivity index (χ0) is 7.98. The van der Waals surface area contributed by atoms with Crippen LogP contribution in [-0.4, -0.2) is 18.3 Å². The summed E-state index contributed by atoms with van der Waals surface area (Å²) in [6.45, 7) is 0. The molecular formula is C6H10NNaO3. The third-order valence-corrected chi connectivity index (χ3v) is 1.14. The van der Waals surface area contributed by atoms with Crippen molar-refractivity contribution in [1.29, 1.82) is 0 Å². The molecular weight excluding hydrogens is 157 g/mol. The fraction of sp³-hybridized carbons (Fsp3) is 0.667. The molecule has 0 saturated carbocycles. The van der Waals surface area contributed by atoms with Crippen molar-refractivity contribution in [1.82, 2.24) is 0 Å². The average molecular weight is 167 g/mol. The van der Waals surface area contributed by atoms with Gasteiger partial charge in [0.15, 0.2) is 0 Å². The van der Waals surface area contributed by atoms with Gasteiger partial charge in [0.1, 0.15) is 6.29 Å². The topological polar surface area (TPSA) is 83.2 Å². The second-order valence-electron chi connectivity index (χ2n) is 2.02. The van der Waals surface area contributed by atoms with Crippen molar-refractivity contribution >= 4 is 12.3 Å². The molecule has 5 heteroatoms. The van der Waals surface area contributed by atoms with Crippen molar-refractivity contribution in [2.45, 2.75) is 25.3 Å². The second-order valence-corrected chi connectivity index (χ2v) is 2.02. The maximum atomic E-state index is 9.97. The van der Waals surface area contributed by atoms with Gasteiger partial charge in [-0.3, -0.25) is 0 Å². The van der Waals surface area contributed by atoms with Gasteiger partial charge >= 0.3 is 29.6 Å². The summed E-state index contributed by atoms with van der Waals surface area (Å²) < 4.78 is 0. The number of carboxylic acids is 1. The number of aldehydes is 1. The van der Waals surface area contributed by atoms with E-state index in [9.17, 15) is 14.7 Å². The fourth-order valence-electron chi connectivity index (χ4n) is 0.539. The molecule has 0 aliphatic carbocycles. The molecule has 0 radical (unpaired) electrons. The predicted octanol–water partition coefficient (Wildman–Crippen LogP) is -4.56. The predicted molar refractivity (Wildman–Crippen MR) is 32.9 cm³/mol. The van der Waals surface area contributed by atoms with Gasteiger partial charge in [-0.15, -0.1) is 0 Å². The molecule has 0 aromatic carbocycles. The molecule has 0 aliphatic rings. The Kier molecular flexibility index (Phi) is 10.2. The van der Waals surface area contributed by atoms with Crippen molar-refractivity contribution in [2.24, 2.45) is 5.73 Å². The van der Waals surface area contributed by atoms with E-state index in [1.807, 2.05) is 0 Å². The van der Waals surface area contributed by atoms with E-state index in [0.717, 1.165) is 6.29 Å². The first kappa shape index (κ1) is 13.7. The van der Waals surface area contributed by atoms with Crippen molar-refractivity contribution in [3.05, 3.63) is 0 Å². The molecule has 0 rings (SSSR count). The minimum atomic E-state index is -1.26. The van der Waals surface area contributed by atoms with Gasteiger partial charge < -0.3 is 20.4 Å². The SMILES string of the molecule is NC(CCCC=O)C(=O)[O-].[Na+]. The van der Waals surface area contributed by atoms with E-state index in [0.29, 0.717) is 19.3 Å². The Bertz CT molecular complexity index is 129. The van der Waals surface area contributed by atoms with E-state index in [2.05, 4.69) is 0 Å². The van der Waals surface area contributed by atoms with Gasteiger partial charge in [-0.25, -0.2) is 0 Å². The molecule has 58 valence electrons. The number of carbonyl (C=O) groups is 2. The summed E-state index contributed by atoms with van der Waals surface area (Å²) in [4.78, 5) is 19.7. The Labute approximate surface area is 87.4 Å². The molecule has 0 aromatic rings. The Morgan fingerprint density at radius 3 is 2.55 bits per heavy atom. The quantitative estimate of drug-likeness (QED) is 0.254. The third kappa shape index (κ3) is 8.00. The van der Waals surface area contributed by atoms with Gasteiger partial charge in [-0.2, -0.15) is 0 Å². The first-order valence-corrected chi connectivity index (χ1v) is 3.08. The normalized spacial score (nSPS) is 11.4. The van der Waals surface area contributed by atoms with Crippen molar-refractivity contribution < 1.29 is 44.3 Å². The number of unbranched alkanes of at least 4 members (excludes halogenated alkanes) is 1. The molecule has 0 aliphatic heterocycles. The summed E-state index contributed by atoms with van der Waals surface area (Å²) in [6.07, 6.45) is 1.92. The average Bonchev–Trinajstić information content (AvgIpc) is 1.88. The molecule has 0 heterocycles. The van der Waals surface area contributed by atoms with Crippen LogP contribution < -0.4 is 40.4 Å². The third-order valence-electron chi connectivity index (χ3n) is 1.14. The molecule has 0 bridgehead atoms. The molecule has 0 aromatic heterocycles. The molecule has 4 nitrogen and oxygen atoms in total. The second kappa shape index (κ2) is 8.20. The maximum absolute atomic E-state index is 9.97. The largest absolute Gasteiger partial charge is 1.00 e. The minimum absolute atomic E-state index is 0. The molecule has 0 spiro atoms. The van der Waals surface area contributed by atoms with Crippen LogP contribution in [0.3, 0.4) is 0 Å². The Morgan fingerprint density at radius 1 is 1.64 bits per heavy atom. The summed E-state index contributed by atoms with van der Waals surface area (Å²) in [5.74, 6) is -1.26. The number of hydrogen-bond acceptors (Lipinski definition) is 4. The smallest absolute Gasteiger partial charge is 0.548 e. The van der Waals surface area contributed by atoms with Crippen LogP contribution in [-0.2, 0) is 9.59 Å². The summed E-state index contributed by atoms with van der Waals surface area (Å²) in [7, 11) is 0. The van der Waals surface area contributed by atoms with Gasteiger partial charge in [0.25, 0.3) is 0 Å². The molecule has 1 atom stereocenters. The number of aliphatic carboxylic acids is 1. The fourth-order valence-corrected chi connectivity index (χ4v) is 0.539. The monoisotopic (exact) mass is 167 g/mol. The Balaban J connectivity index is 0. The maximum Gasteiger partial charge on any atom is 1.00 e. The van der Waals surface area contributed by atoms with Crippen LogP contribution in [0.4, 0.5) is 0 Å². The van der Waals surface area contributed by atoms with Gasteiger partial charge in [0.2, 0.25) is 0 Å². The first-order chi connectivity index (χ1) is 4.68. The van der Waals surface area contributed by atoms with Crippen LogP contribution in [0.25, 0.3) is 0 Å². The van der Waals surface area contributed by atoms with Crippen molar-refractivity contribution in [3.63, 3.8) is 0 Å². The van der Waals surface area contributed by atoms with Crippen LogP contribution in [0.15, 0.2) is 0 Å². The van der Waals surface area contributed by atoms with Crippen LogP contribution in [0, 0.1) is 0 Å². The molecule has 1 unspecified atom stereocenters. The minimum Gasteiger partial charge on any atom is -0.548 e. The Morgan fingerprint density at radius 2 is 2.18 bits per heavy atom. The van der Waals surface area contributed by atoms with Gasteiger partial charge in [-0.1, -0.05) is 0 Å². The molecule has 0 amide bonds. The number of rotatable bonds is 5. The van der Waals surface area contributed by atoms with Gasteiger partial charge in [0, 0.05) is 12.5 Å². The van der Waals surface area contributed by atoms with Gasteiger partial charge in [0.05, 0.1) is 5.97 Å². The summed E-state index contributed by atoms with van der Waals surface area (Å²) in [5.41, 5.74) is 5.08. The Hall–Kier alpha value is 0.100. The van der Waals surface area contributed by atoms with Crippen LogP contribution in [0.1, 0.15) is 19.3 Å². The molecule has 0 fully saturated rings.